The smallest absolute Gasteiger partial charge is 0.304 e. The van der Waals surface area contributed by atoms with Crippen molar-refractivity contribution in [3.8, 4) is 0 Å². The van der Waals surface area contributed by atoms with E-state index in [1.54, 1.807) is 0 Å². The first-order valence-corrected chi connectivity index (χ1v) is 7.87. The number of ether oxygens (including phenoxy) is 2. The van der Waals surface area contributed by atoms with Crippen LogP contribution in [-0.4, -0.2) is 24.1 Å². The van der Waals surface area contributed by atoms with Crippen LogP contribution in [0.2, 0.25) is 0 Å². The van der Waals surface area contributed by atoms with E-state index in [1.807, 2.05) is 0 Å². The average Bonchev–Trinajstić information content (AvgIpc) is 2.45. The number of carbonyl (C=O) groups is 2. The summed E-state index contributed by atoms with van der Waals surface area (Å²) in [5.41, 5.74) is 0.982. The van der Waals surface area contributed by atoms with Crippen LogP contribution in [0.5, 0.6) is 0 Å². The summed E-state index contributed by atoms with van der Waals surface area (Å²) in [4.78, 5) is 23.8. The fraction of sp³-hybridized carbons (Fsp3) is 0.765. The van der Waals surface area contributed by atoms with Crippen molar-refractivity contribution in [3.05, 3.63) is 11.6 Å². The minimum Gasteiger partial charge on any atom is -0.435 e. The van der Waals surface area contributed by atoms with Gasteiger partial charge < -0.3 is 9.47 Å². The molecule has 4 aliphatic rings. The van der Waals surface area contributed by atoms with Crippen molar-refractivity contribution < 1.29 is 19.1 Å². The molecule has 0 spiro atoms. The van der Waals surface area contributed by atoms with Gasteiger partial charge >= 0.3 is 5.97 Å². The van der Waals surface area contributed by atoms with Gasteiger partial charge in [0.15, 0.2) is 0 Å². The molecule has 0 N–H and O–H groups in total. The molecule has 0 radical (unpaired) electrons. The van der Waals surface area contributed by atoms with Crippen molar-refractivity contribution in [2.45, 2.75) is 59.4 Å². The Labute approximate surface area is 125 Å². The van der Waals surface area contributed by atoms with E-state index in [1.165, 1.54) is 12.5 Å². The lowest BCUT2D eigenvalue weighted by molar-refractivity contribution is -0.202. The summed E-state index contributed by atoms with van der Waals surface area (Å²) in [6.45, 7) is 7.62. The van der Waals surface area contributed by atoms with Gasteiger partial charge in [-0.25, -0.2) is 0 Å². The zero-order valence-electron chi connectivity index (χ0n) is 13.2. The number of hydrogen-bond acceptors (Lipinski definition) is 4. The average molecular weight is 292 g/mol. The maximum atomic E-state index is 12.4. The van der Waals surface area contributed by atoms with Crippen LogP contribution in [0.4, 0.5) is 0 Å². The number of ketones is 1. The first kappa shape index (κ1) is 14.8. The van der Waals surface area contributed by atoms with Crippen LogP contribution in [0.1, 0.15) is 47.0 Å². The van der Waals surface area contributed by atoms with Crippen molar-refractivity contribution in [2.75, 3.05) is 0 Å². The van der Waals surface area contributed by atoms with E-state index in [0.717, 1.165) is 6.42 Å². The lowest BCUT2D eigenvalue weighted by atomic mass is 9.46. The molecule has 1 saturated heterocycles. The molecule has 1 aliphatic heterocycles. The highest BCUT2D eigenvalue weighted by Crippen LogP contribution is 2.68. The number of allylic oxidation sites excluding steroid dienone is 1. The lowest BCUT2D eigenvalue weighted by Crippen LogP contribution is -2.57. The molecule has 116 valence electrons. The van der Waals surface area contributed by atoms with Gasteiger partial charge in [-0.3, -0.25) is 9.59 Å². The Morgan fingerprint density at radius 2 is 2.19 bits per heavy atom. The summed E-state index contributed by atoms with van der Waals surface area (Å²) >= 11 is 0. The van der Waals surface area contributed by atoms with E-state index in [9.17, 15) is 9.59 Å². The number of carbonyl (C=O) groups excluding carboxylic acids is 2. The van der Waals surface area contributed by atoms with Gasteiger partial charge in [-0.1, -0.05) is 25.5 Å². The van der Waals surface area contributed by atoms with Crippen molar-refractivity contribution in [1.29, 1.82) is 0 Å². The molecule has 0 aromatic heterocycles. The summed E-state index contributed by atoms with van der Waals surface area (Å²) in [5.74, 6) is 0.931. The van der Waals surface area contributed by atoms with Gasteiger partial charge in [0.2, 0.25) is 6.29 Å². The standard InChI is InChI=1S/C17H24O4/c1-9(2)5-12(19)8-17-13-7-14(17)15(6-10(13)3)21-16(17)20-11(4)18/h6,9,13-16H,5,7-8H2,1-4H3/t13-,14+,15-,16+,17-/m1/s1. The van der Waals surface area contributed by atoms with Crippen LogP contribution >= 0.6 is 0 Å². The topological polar surface area (TPSA) is 52.6 Å². The van der Waals surface area contributed by atoms with Gasteiger partial charge in [0.25, 0.3) is 0 Å². The molecule has 4 nitrogen and oxygen atoms in total. The van der Waals surface area contributed by atoms with Crippen molar-refractivity contribution in [1.82, 2.24) is 0 Å². The van der Waals surface area contributed by atoms with Gasteiger partial charge in [-0.2, -0.15) is 0 Å². The summed E-state index contributed by atoms with van der Waals surface area (Å²) < 4.78 is 11.4. The Hall–Kier alpha value is -1.16. The predicted molar refractivity (Wildman–Crippen MR) is 77.3 cm³/mol. The van der Waals surface area contributed by atoms with Crippen LogP contribution in [0, 0.1) is 23.2 Å². The van der Waals surface area contributed by atoms with Crippen molar-refractivity contribution in [2.24, 2.45) is 23.2 Å². The first-order valence-electron chi connectivity index (χ1n) is 7.87. The zero-order chi connectivity index (χ0) is 15.4. The third kappa shape index (κ3) is 2.15. The molecule has 3 aliphatic carbocycles. The summed E-state index contributed by atoms with van der Waals surface area (Å²) in [6, 6.07) is 0. The van der Waals surface area contributed by atoms with Crippen molar-refractivity contribution >= 4 is 11.8 Å². The second-order valence-electron chi connectivity index (χ2n) is 7.27. The molecule has 0 aromatic rings. The van der Waals surface area contributed by atoms with E-state index < -0.39 is 6.29 Å². The Morgan fingerprint density at radius 3 is 2.76 bits per heavy atom. The molecule has 0 amide bonds. The second kappa shape index (κ2) is 4.94. The van der Waals surface area contributed by atoms with Crippen LogP contribution in [0.15, 0.2) is 11.6 Å². The molecule has 0 aromatic carbocycles. The van der Waals surface area contributed by atoms with Gasteiger partial charge in [-0.05, 0) is 25.2 Å². The second-order valence-corrected chi connectivity index (χ2v) is 7.27. The van der Waals surface area contributed by atoms with E-state index in [-0.39, 0.29) is 23.3 Å². The van der Waals surface area contributed by atoms with Crippen LogP contribution in [0.25, 0.3) is 0 Å². The lowest BCUT2D eigenvalue weighted by Gasteiger charge is -2.56. The third-order valence-corrected chi connectivity index (χ3v) is 5.33. The largest absolute Gasteiger partial charge is 0.435 e. The van der Waals surface area contributed by atoms with Gasteiger partial charge in [0.1, 0.15) is 5.78 Å². The van der Waals surface area contributed by atoms with Crippen LogP contribution in [0.3, 0.4) is 0 Å². The Balaban J connectivity index is 1.86. The maximum absolute atomic E-state index is 12.4. The molecule has 4 heteroatoms. The fourth-order valence-electron chi connectivity index (χ4n) is 4.57. The summed E-state index contributed by atoms with van der Waals surface area (Å²) in [5, 5.41) is 0. The number of rotatable bonds is 5. The van der Waals surface area contributed by atoms with Crippen molar-refractivity contribution in [3.63, 3.8) is 0 Å². The minimum atomic E-state index is -0.562. The molecular weight excluding hydrogens is 268 g/mol. The monoisotopic (exact) mass is 292 g/mol. The number of esters is 1. The summed E-state index contributed by atoms with van der Waals surface area (Å²) in [6.07, 6.45) is 3.70. The van der Waals surface area contributed by atoms with Gasteiger partial charge in [-0.15, -0.1) is 0 Å². The predicted octanol–water partition coefficient (Wildman–Crippen LogP) is 2.86. The maximum Gasteiger partial charge on any atom is 0.304 e. The summed E-state index contributed by atoms with van der Waals surface area (Å²) in [7, 11) is 0. The van der Waals surface area contributed by atoms with Crippen LogP contribution in [-0.2, 0) is 19.1 Å². The van der Waals surface area contributed by atoms with Crippen LogP contribution < -0.4 is 0 Å². The number of hydrogen-bond donors (Lipinski definition) is 0. The number of Topliss-reactive ketones (excluding diaryl/α,β-unsaturated/α-hetero) is 1. The Morgan fingerprint density at radius 1 is 1.48 bits per heavy atom. The molecule has 1 heterocycles. The van der Waals surface area contributed by atoms with Gasteiger partial charge in [0, 0.05) is 25.7 Å². The highest BCUT2D eigenvalue weighted by Gasteiger charge is 2.71. The minimum absolute atomic E-state index is 0.00574. The molecule has 4 rings (SSSR count). The third-order valence-electron chi connectivity index (χ3n) is 5.33. The normalized spacial score (nSPS) is 39.8. The van der Waals surface area contributed by atoms with E-state index in [0.29, 0.717) is 30.6 Å². The molecule has 1 saturated carbocycles. The fourth-order valence-corrected chi connectivity index (χ4v) is 4.57. The Bertz CT molecular complexity index is 507. The highest BCUT2D eigenvalue weighted by molar-refractivity contribution is 5.80. The molecule has 21 heavy (non-hydrogen) atoms. The quantitative estimate of drug-likeness (QED) is 0.577. The first-order chi connectivity index (χ1) is 9.84. The van der Waals surface area contributed by atoms with E-state index in [2.05, 4.69) is 26.8 Å². The molecule has 5 atom stereocenters. The molecule has 2 fully saturated rings. The molecular formula is C17H24O4. The SMILES string of the molecule is CC(=O)O[C@H]1O[C@@H]2C=C(C)[C@H]3C[C@@H]2[C@]13CC(=O)CC(C)C. The van der Waals surface area contributed by atoms with Gasteiger partial charge in [0.05, 0.1) is 11.5 Å². The Kier molecular flexibility index (Phi) is 3.47. The zero-order valence-corrected chi connectivity index (χ0v) is 13.2. The molecule has 4 bridgehead atoms. The highest BCUT2D eigenvalue weighted by atomic mass is 16.7. The van der Waals surface area contributed by atoms with E-state index in [4.69, 9.17) is 9.47 Å². The molecule has 0 unspecified atom stereocenters. The van der Waals surface area contributed by atoms with E-state index >= 15 is 0 Å².